The van der Waals surface area contributed by atoms with Crippen molar-refractivity contribution in [2.75, 3.05) is 6.54 Å². The Morgan fingerprint density at radius 1 is 1.41 bits per heavy atom. The van der Waals surface area contributed by atoms with E-state index in [9.17, 15) is 14.7 Å². The molecule has 0 aliphatic rings. The van der Waals surface area contributed by atoms with Gasteiger partial charge in [-0.25, -0.2) is 4.79 Å². The molecule has 0 aromatic heterocycles. The molecule has 4 heteroatoms. The number of nitrogens with zero attached hydrogens (tertiary/aromatic N) is 1. The predicted octanol–water partition coefficient (Wildman–Crippen LogP) is 1.72. The lowest BCUT2D eigenvalue weighted by Gasteiger charge is -2.29. The quantitative estimate of drug-likeness (QED) is 0.764. The number of carbonyl (C=O) groups excluding carboxylic acids is 1. The van der Waals surface area contributed by atoms with Crippen LogP contribution < -0.4 is 0 Å². The van der Waals surface area contributed by atoms with Gasteiger partial charge in [0.05, 0.1) is 0 Å². The summed E-state index contributed by atoms with van der Waals surface area (Å²) in [4.78, 5) is 23.5. The van der Waals surface area contributed by atoms with Gasteiger partial charge in [-0.1, -0.05) is 37.3 Å². The van der Waals surface area contributed by atoms with Gasteiger partial charge in [0.15, 0.2) is 0 Å². The van der Waals surface area contributed by atoms with Crippen LogP contribution in [0, 0.1) is 0 Å². The summed E-state index contributed by atoms with van der Waals surface area (Å²) in [6.45, 7) is 3.97. The first-order chi connectivity index (χ1) is 8.11. The van der Waals surface area contributed by atoms with Crippen molar-refractivity contribution in [3.05, 3.63) is 35.9 Å². The number of carboxylic acid groups (broad SMARTS) is 1. The van der Waals surface area contributed by atoms with E-state index in [0.717, 1.165) is 5.56 Å². The van der Waals surface area contributed by atoms with Crippen molar-refractivity contribution in [1.29, 1.82) is 0 Å². The summed E-state index contributed by atoms with van der Waals surface area (Å²) in [6.07, 6.45) is 0.595. The topological polar surface area (TPSA) is 57.6 Å². The van der Waals surface area contributed by atoms with E-state index in [1.165, 1.54) is 4.90 Å². The maximum absolute atomic E-state index is 11.3. The highest BCUT2D eigenvalue weighted by atomic mass is 16.4. The maximum atomic E-state index is 11.3. The van der Waals surface area contributed by atoms with Crippen LogP contribution in [0.25, 0.3) is 0 Å². The van der Waals surface area contributed by atoms with Crippen LogP contribution >= 0.6 is 0 Å². The maximum Gasteiger partial charge on any atom is 0.327 e. The third-order valence-electron chi connectivity index (χ3n) is 2.91. The highest BCUT2D eigenvalue weighted by molar-refractivity contribution is 5.77. The second kappa shape index (κ2) is 6.03. The first kappa shape index (κ1) is 13.2. The number of carboxylic acids is 1. The third kappa shape index (κ3) is 3.06. The highest BCUT2D eigenvalue weighted by Gasteiger charge is 2.30. The normalized spacial score (nSPS) is 13.8. The van der Waals surface area contributed by atoms with Crippen LogP contribution in [0.1, 0.15) is 25.3 Å². The fourth-order valence-corrected chi connectivity index (χ4v) is 1.92. The van der Waals surface area contributed by atoms with Crippen molar-refractivity contribution < 1.29 is 14.7 Å². The molecular weight excluding hydrogens is 218 g/mol. The summed E-state index contributed by atoms with van der Waals surface area (Å²) in [5.41, 5.74) is 0.917. The lowest BCUT2D eigenvalue weighted by Crippen LogP contribution is -2.43. The van der Waals surface area contributed by atoms with Gasteiger partial charge in [-0.05, 0) is 12.5 Å². The molecule has 4 nitrogen and oxygen atoms in total. The van der Waals surface area contributed by atoms with Gasteiger partial charge in [-0.15, -0.1) is 0 Å². The molecular formula is C13H17NO3. The average molecular weight is 235 g/mol. The smallest absolute Gasteiger partial charge is 0.327 e. The number of hydrogen-bond donors (Lipinski definition) is 1. The fraction of sp³-hybridized carbons (Fsp3) is 0.385. The fourth-order valence-electron chi connectivity index (χ4n) is 1.92. The molecule has 2 unspecified atom stereocenters. The minimum atomic E-state index is -0.977. The summed E-state index contributed by atoms with van der Waals surface area (Å²) < 4.78 is 0. The number of carbonyl (C=O) groups is 2. The van der Waals surface area contributed by atoms with E-state index >= 15 is 0 Å². The van der Waals surface area contributed by atoms with Gasteiger partial charge in [0, 0.05) is 12.5 Å². The molecule has 1 amide bonds. The molecule has 0 fully saturated rings. The summed E-state index contributed by atoms with van der Waals surface area (Å²) in [5.74, 6) is -1.21. The largest absolute Gasteiger partial charge is 0.480 e. The Morgan fingerprint density at radius 3 is 2.41 bits per heavy atom. The Balaban J connectivity index is 2.99. The second-order valence-corrected chi connectivity index (χ2v) is 3.92. The van der Waals surface area contributed by atoms with E-state index in [1.807, 2.05) is 37.3 Å². The van der Waals surface area contributed by atoms with E-state index in [2.05, 4.69) is 0 Å². The molecule has 0 heterocycles. The van der Waals surface area contributed by atoms with Gasteiger partial charge in [-0.3, -0.25) is 4.79 Å². The molecule has 2 atom stereocenters. The number of amides is 1. The van der Waals surface area contributed by atoms with Gasteiger partial charge in [0.25, 0.3) is 0 Å². The van der Waals surface area contributed by atoms with E-state index in [-0.39, 0.29) is 5.92 Å². The van der Waals surface area contributed by atoms with Gasteiger partial charge >= 0.3 is 5.97 Å². The van der Waals surface area contributed by atoms with Crippen LogP contribution in [-0.2, 0) is 9.59 Å². The molecule has 1 rings (SSSR count). The van der Waals surface area contributed by atoms with E-state index < -0.39 is 12.0 Å². The average Bonchev–Trinajstić information content (AvgIpc) is 2.35. The van der Waals surface area contributed by atoms with Crippen molar-refractivity contribution in [1.82, 2.24) is 4.90 Å². The Bertz CT molecular complexity index is 378. The minimum Gasteiger partial charge on any atom is -0.480 e. The van der Waals surface area contributed by atoms with E-state index in [1.54, 1.807) is 6.92 Å². The molecule has 1 aromatic rings. The number of rotatable bonds is 6. The molecule has 17 heavy (non-hydrogen) atoms. The van der Waals surface area contributed by atoms with Crippen LogP contribution in [0.4, 0.5) is 0 Å². The Labute approximate surface area is 101 Å². The van der Waals surface area contributed by atoms with Gasteiger partial charge in [0.1, 0.15) is 6.04 Å². The number of aliphatic carboxylic acids is 1. The van der Waals surface area contributed by atoms with Crippen LogP contribution in [-0.4, -0.2) is 35.0 Å². The van der Waals surface area contributed by atoms with Crippen LogP contribution in [0.3, 0.4) is 0 Å². The van der Waals surface area contributed by atoms with E-state index in [0.29, 0.717) is 13.0 Å². The number of benzene rings is 1. The van der Waals surface area contributed by atoms with Crippen molar-refractivity contribution in [2.45, 2.75) is 25.8 Å². The van der Waals surface area contributed by atoms with Gasteiger partial charge in [-0.2, -0.15) is 0 Å². The standard InChI is InChI=1S/C13H17NO3/c1-3-14(9-15)12(13(16)17)10(2)11-7-5-4-6-8-11/h4-10,12H,3H2,1-2H3,(H,16,17). The van der Waals surface area contributed by atoms with Crippen molar-refractivity contribution >= 4 is 12.4 Å². The monoisotopic (exact) mass is 235 g/mol. The predicted molar refractivity (Wildman–Crippen MR) is 64.7 cm³/mol. The Kier molecular flexibility index (Phi) is 4.69. The molecule has 0 spiro atoms. The molecule has 0 aliphatic heterocycles. The van der Waals surface area contributed by atoms with Crippen molar-refractivity contribution in [3.63, 3.8) is 0 Å². The molecule has 1 N–H and O–H groups in total. The molecule has 1 aromatic carbocycles. The summed E-state index contributed by atoms with van der Waals surface area (Å²) >= 11 is 0. The van der Waals surface area contributed by atoms with Crippen LogP contribution in [0.2, 0.25) is 0 Å². The minimum absolute atomic E-state index is 0.237. The molecule has 0 radical (unpaired) electrons. The number of likely N-dealkylation sites (N-methyl/N-ethyl adjacent to an activating group) is 1. The molecule has 0 saturated carbocycles. The first-order valence-corrected chi connectivity index (χ1v) is 5.60. The summed E-state index contributed by atoms with van der Waals surface area (Å²) in [6, 6.07) is 8.53. The lowest BCUT2D eigenvalue weighted by atomic mass is 9.92. The highest BCUT2D eigenvalue weighted by Crippen LogP contribution is 2.22. The zero-order valence-electron chi connectivity index (χ0n) is 10.0. The number of hydrogen-bond acceptors (Lipinski definition) is 2. The first-order valence-electron chi connectivity index (χ1n) is 5.60. The molecule has 0 saturated heterocycles. The van der Waals surface area contributed by atoms with Gasteiger partial charge < -0.3 is 10.0 Å². The Morgan fingerprint density at radius 2 is 2.00 bits per heavy atom. The van der Waals surface area contributed by atoms with Crippen LogP contribution in [0.15, 0.2) is 30.3 Å². The zero-order valence-corrected chi connectivity index (χ0v) is 10.0. The zero-order chi connectivity index (χ0) is 12.8. The van der Waals surface area contributed by atoms with E-state index in [4.69, 9.17) is 0 Å². The van der Waals surface area contributed by atoms with Crippen molar-refractivity contribution in [2.24, 2.45) is 0 Å². The van der Waals surface area contributed by atoms with Crippen molar-refractivity contribution in [3.8, 4) is 0 Å². The van der Waals surface area contributed by atoms with Gasteiger partial charge in [0.2, 0.25) is 6.41 Å². The van der Waals surface area contributed by atoms with Crippen LogP contribution in [0.5, 0.6) is 0 Å². The second-order valence-electron chi connectivity index (χ2n) is 3.92. The molecule has 0 aliphatic carbocycles. The lowest BCUT2D eigenvalue weighted by molar-refractivity contribution is -0.147. The molecule has 92 valence electrons. The summed E-state index contributed by atoms with van der Waals surface area (Å²) in [5, 5.41) is 9.24. The molecule has 0 bridgehead atoms. The summed E-state index contributed by atoms with van der Waals surface area (Å²) in [7, 11) is 0. The Hall–Kier alpha value is -1.84. The third-order valence-corrected chi connectivity index (χ3v) is 2.91. The SMILES string of the molecule is CCN(C=O)C(C(=O)O)C(C)c1ccccc1.